The molecule has 4 heteroatoms. The highest BCUT2D eigenvalue weighted by atomic mass is 15.3. The molecule has 1 aromatic carbocycles. The first kappa shape index (κ1) is 8.64. The second-order valence-electron chi connectivity index (χ2n) is 3.94. The van der Waals surface area contributed by atoms with Crippen LogP contribution in [0.3, 0.4) is 0 Å². The minimum absolute atomic E-state index is 0.843. The van der Waals surface area contributed by atoms with Crippen molar-refractivity contribution in [3.63, 3.8) is 0 Å². The van der Waals surface area contributed by atoms with Crippen molar-refractivity contribution in [2.45, 2.75) is 0 Å². The van der Waals surface area contributed by atoms with E-state index in [2.05, 4.69) is 33.3 Å². The Hall–Kier alpha value is -2.49. The van der Waals surface area contributed by atoms with E-state index in [1.807, 2.05) is 22.7 Å². The van der Waals surface area contributed by atoms with Gasteiger partial charge in [-0.1, -0.05) is 18.2 Å². The molecule has 3 heterocycles. The quantitative estimate of drug-likeness (QED) is 0.427. The number of pyridine rings is 2. The summed E-state index contributed by atoms with van der Waals surface area (Å²) in [4.78, 5) is 8.65. The topological polar surface area (TPSA) is 43.1 Å². The van der Waals surface area contributed by atoms with Gasteiger partial charge in [-0.05, 0) is 18.2 Å². The standard InChI is InChI=1S/C13H8N4/c1-2-9-3-4-10-5-6-11-15-8-16-17(11)13(10)12(9)14-7-1/h1-8H. The Bertz CT molecular complexity index is 848. The molecule has 0 atom stereocenters. The van der Waals surface area contributed by atoms with Gasteiger partial charge in [0, 0.05) is 17.0 Å². The molecule has 0 spiro atoms. The van der Waals surface area contributed by atoms with Crippen molar-refractivity contribution in [3.8, 4) is 0 Å². The maximum absolute atomic E-state index is 4.45. The molecule has 0 unspecified atom stereocenters. The Morgan fingerprint density at radius 3 is 2.76 bits per heavy atom. The zero-order valence-corrected chi connectivity index (χ0v) is 8.91. The largest absolute Gasteiger partial charge is 0.254 e. The van der Waals surface area contributed by atoms with E-state index in [1.54, 1.807) is 12.5 Å². The van der Waals surface area contributed by atoms with Gasteiger partial charge in [0.05, 0.1) is 5.52 Å². The number of rotatable bonds is 0. The van der Waals surface area contributed by atoms with Crippen LogP contribution in [0.4, 0.5) is 0 Å². The summed E-state index contributed by atoms with van der Waals surface area (Å²) in [7, 11) is 0. The normalized spacial score (nSPS) is 11.5. The average Bonchev–Trinajstić information content (AvgIpc) is 2.86. The molecular formula is C13H8N4. The molecule has 0 amide bonds. The molecule has 0 radical (unpaired) electrons. The molecule has 0 fully saturated rings. The molecule has 0 aliphatic heterocycles. The lowest BCUT2D eigenvalue weighted by Gasteiger charge is -2.04. The van der Waals surface area contributed by atoms with E-state index in [9.17, 15) is 0 Å². The van der Waals surface area contributed by atoms with E-state index in [1.165, 1.54) is 0 Å². The summed E-state index contributed by atoms with van der Waals surface area (Å²) >= 11 is 0. The molecule has 0 saturated heterocycles. The molecule has 4 nitrogen and oxygen atoms in total. The Morgan fingerprint density at radius 2 is 1.76 bits per heavy atom. The minimum Gasteiger partial charge on any atom is -0.254 e. The predicted octanol–water partition coefficient (Wildman–Crippen LogP) is 2.43. The van der Waals surface area contributed by atoms with Crippen LogP contribution in [0.5, 0.6) is 0 Å². The van der Waals surface area contributed by atoms with Crippen molar-refractivity contribution >= 4 is 27.5 Å². The summed E-state index contributed by atoms with van der Waals surface area (Å²) in [6.45, 7) is 0. The zero-order chi connectivity index (χ0) is 11.2. The van der Waals surface area contributed by atoms with Crippen LogP contribution in [0.2, 0.25) is 0 Å². The SMILES string of the molecule is c1cnc2c(c1)ccc1ccc3ncnn3c12. The van der Waals surface area contributed by atoms with Crippen molar-refractivity contribution in [1.29, 1.82) is 0 Å². The molecule has 17 heavy (non-hydrogen) atoms. The molecule has 0 bridgehead atoms. The molecule has 3 aromatic heterocycles. The average molecular weight is 220 g/mol. The third-order valence-corrected chi connectivity index (χ3v) is 2.98. The fourth-order valence-corrected chi connectivity index (χ4v) is 2.20. The van der Waals surface area contributed by atoms with Gasteiger partial charge >= 0.3 is 0 Å². The van der Waals surface area contributed by atoms with E-state index in [-0.39, 0.29) is 0 Å². The molecule has 4 rings (SSSR count). The summed E-state index contributed by atoms with van der Waals surface area (Å²) in [6.07, 6.45) is 3.37. The van der Waals surface area contributed by atoms with Gasteiger partial charge in [0.25, 0.3) is 0 Å². The monoisotopic (exact) mass is 220 g/mol. The maximum atomic E-state index is 4.45. The lowest BCUT2D eigenvalue weighted by molar-refractivity contribution is 1.01. The van der Waals surface area contributed by atoms with Crippen LogP contribution >= 0.6 is 0 Å². The fourth-order valence-electron chi connectivity index (χ4n) is 2.20. The van der Waals surface area contributed by atoms with Gasteiger partial charge in [-0.3, -0.25) is 4.98 Å². The Balaban J connectivity index is 2.41. The Kier molecular flexibility index (Phi) is 1.53. The van der Waals surface area contributed by atoms with Crippen LogP contribution in [-0.2, 0) is 0 Å². The Labute approximate surface area is 96.5 Å². The van der Waals surface area contributed by atoms with E-state index in [0.717, 1.165) is 27.5 Å². The van der Waals surface area contributed by atoms with Crippen molar-refractivity contribution in [3.05, 3.63) is 48.9 Å². The third kappa shape index (κ3) is 1.09. The number of hydrogen-bond acceptors (Lipinski definition) is 3. The van der Waals surface area contributed by atoms with Crippen LogP contribution in [0.1, 0.15) is 0 Å². The first-order valence-electron chi connectivity index (χ1n) is 5.40. The molecule has 0 aliphatic carbocycles. The lowest BCUT2D eigenvalue weighted by atomic mass is 10.1. The van der Waals surface area contributed by atoms with Crippen LogP contribution < -0.4 is 0 Å². The minimum atomic E-state index is 0.843. The first-order chi connectivity index (χ1) is 8.43. The molecule has 0 N–H and O–H groups in total. The van der Waals surface area contributed by atoms with Gasteiger partial charge in [0.1, 0.15) is 11.8 Å². The fraction of sp³-hybridized carbons (Fsp3) is 0. The van der Waals surface area contributed by atoms with Crippen molar-refractivity contribution in [1.82, 2.24) is 19.6 Å². The van der Waals surface area contributed by atoms with Crippen LogP contribution in [-0.4, -0.2) is 19.6 Å². The van der Waals surface area contributed by atoms with E-state index in [4.69, 9.17) is 0 Å². The van der Waals surface area contributed by atoms with Crippen LogP contribution in [0.25, 0.3) is 27.5 Å². The number of hydrogen-bond donors (Lipinski definition) is 0. The lowest BCUT2D eigenvalue weighted by Crippen LogP contribution is -1.92. The van der Waals surface area contributed by atoms with Crippen LogP contribution in [0, 0.1) is 0 Å². The molecule has 80 valence electrons. The van der Waals surface area contributed by atoms with E-state index >= 15 is 0 Å². The second kappa shape index (κ2) is 3.01. The smallest absolute Gasteiger partial charge is 0.156 e. The second-order valence-corrected chi connectivity index (χ2v) is 3.94. The van der Waals surface area contributed by atoms with Gasteiger partial charge in [0.15, 0.2) is 5.65 Å². The highest BCUT2D eigenvalue weighted by molar-refractivity contribution is 6.03. The first-order valence-corrected chi connectivity index (χ1v) is 5.40. The highest BCUT2D eigenvalue weighted by Gasteiger charge is 2.06. The summed E-state index contributed by atoms with van der Waals surface area (Å²) < 4.78 is 1.84. The predicted molar refractivity (Wildman–Crippen MR) is 65.8 cm³/mol. The van der Waals surface area contributed by atoms with E-state index in [0.29, 0.717) is 0 Å². The van der Waals surface area contributed by atoms with Gasteiger partial charge in [0.2, 0.25) is 0 Å². The summed E-state index contributed by atoms with van der Waals surface area (Å²) in [5.74, 6) is 0. The van der Waals surface area contributed by atoms with Crippen molar-refractivity contribution in [2.24, 2.45) is 0 Å². The highest BCUT2D eigenvalue weighted by Crippen LogP contribution is 2.23. The Morgan fingerprint density at radius 1 is 0.882 bits per heavy atom. The number of benzene rings is 1. The van der Waals surface area contributed by atoms with Gasteiger partial charge in [-0.15, -0.1) is 0 Å². The van der Waals surface area contributed by atoms with Gasteiger partial charge in [-0.25, -0.2) is 9.50 Å². The van der Waals surface area contributed by atoms with E-state index < -0.39 is 0 Å². The maximum Gasteiger partial charge on any atom is 0.156 e. The van der Waals surface area contributed by atoms with Gasteiger partial charge < -0.3 is 0 Å². The molecule has 0 aliphatic rings. The zero-order valence-electron chi connectivity index (χ0n) is 8.91. The third-order valence-electron chi connectivity index (χ3n) is 2.98. The van der Waals surface area contributed by atoms with Crippen molar-refractivity contribution < 1.29 is 0 Å². The summed E-state index contributed by atoms with van der Waals surface area (Å²) in [5, 5.41) is 6.50. The number of fused-ring (bicyclic) bond motifs is 5. The van der Waals surface area contributed by atoms with Crippen LogP contribution in [0.15, 0.2) is 48.9 Å². The van der Waals surface area contributed by atoms with Gasteiger partial charge in [-0.2, -0.15) is 5.10 Å². The number of nitrogens with zero attached hydrogens (tertiary/aromatic N) is 4. The molecular weight excluding hydrogens is 212 g/mol. The summed E-state index contributed by atoms with van der Waals surface area (Å²) in [5.41, 5.74) is 2.81. The number of aromatic nitrogens is 4. The molecule has 4 aromatic rings. The molecule has 0 saturated carbocycles. The van der Waals surface area contributed by atoms with Crippen molar-refractivity contribution in [2.75, 3.05) is 0 Å². The summed E-state index contributed by atoms with van der Waals surface area (Å²) in [6, 6.07) is 12.2.